The van der Waals surface area contributed by atoms with E-state index in [2.05, 4.69) is 11.1 Å². The Kier molecular flexibility index (Phi) is 5.95. The molecule has 0 aliphatic carbocycles. The van der Waals surface area contributed by atoms with Gasteiger partial charge in [-0.05, 0) is 48.9 Å². The number of ether oxygens (including phenoxy) is 1. The zero-order valence-corrected chi connectivity index (χ0v) is 16.0. The number of benzene rings is 2. The van der Waals surface area contributed by atoms with E-state index in [1.54, 1.807) is 30.3 Å². The Bertz CT molecular complexity index is 1030. The average molecular weight is 401 g/mol. The van der Waals surface area contributed by atoms with Crippen molar-refractivity contribution in [3.63, 3.8) is 0 Å². The van der Waals surface area contributed by atoms with E-state index >= 15 is 0 Å². The van der Waals surface area contributed by atoms with Gasteiger partial charge in [0.15, 0.2) is 0 Å². The van der Waals surface area contributed by atoms with E-state index in [-0.39, 0.29) is 6.61 Å². The minimum atomic E-state index is -0.420. The Balaban J connectivity index is 1.84. The first-order valence-electron chi connectivity index (χ1n) is 8.18. The molecule has 0 bridgehead atoms. The summed E-state index contributed by atoms with van der Waals surface area (Å²) in [6.45, 7) is 1.90. The molecular formula is C21H15Cl2FN2O. The van der Waals surface area contributed by atoms with E-state index in [9.17, 15) is 4.39 Å². The highest BCUT2D eigenvalue weighted by Crippen LogP contribution is 2.27. The Morgan fingerprint density at radius 3 is 2.52 bits per heavy atom. The van der Waals surface area contributed by atoms with Gasteiger partial charge in [-0.2, -0.15) is 5.26 Å². The van der Waals surface area contributed by atoms with Crippen LogP contribution in [0.4, 0.5) is 4.39 Å². The molecule has 2 aromatic carbocycles. The van der Waals surface area contributed by atoms with Crippen LogP contribution in [0.1, 0.15) is 28.1 Å². The van der Waals surface area contributed by atoms with Crippen molar-refractivity contribution in [1.29, 1.82) is 5.26 Å². The van der Waals surface area contributed by atoms with Crippen LogP contribution in [0.2, 0.25) is 10.0 Å². The van der Waals surface area contributed by atoms with Gasteiger partial charge in [0.25, 0.3) is 0 Å². The lowest BCUT2D eigenvalue weighted by atomic mass is 10.1. The number of halogens is 3. The number of hydrogen-bond donors (Lipinski definition) is 0. The fourth-order valence-electron chi connectivity index (χ4n) is 2.60. The van der Waals surface area contributed by atoms with Gasteiger partial charge in [-0.15, -0.1) is 0 Å². The summed E-state index contributed by atoms with van der Waals surface area (Å²) in [5.74, 6) is 0.159. The highest BCUT2D eigenvalue weighted by molar-refractivity contribution is 6.30. The van der Waals surface area contributed by atoms with E-state index in [0.29, 0.717) is 33.5 Å². The van der Waals surface area contributed by atoms with Gasteiger partial charge >= 0.3 is 0 Å². The second-order valence-corrected chi connectivity index (χ2v) is 6.91. The maximum atomic E-state index is 14.0. The average Bonchev–Trinajstić information content (AvgIpc) is 2.64. The zero-order chi connectivity index (χ0) is 19.4. The minimum absolute atomic E-state index is 0.0579. The van der Waals surface area contributed by atoms with Gasteiger partial charge in [0.05, 0.1) is 0 Å². The molecule has 6 heteroatoms. The first kappa shape index (κ1) is 19.2. The predicted octanol–water partition coefficient (Wildman–Crippen LogP) is 5.88. The van der Waals surface area contributed by atoms with Crippen LogP contribution in [0.15, 0.2) is 48.5 Å². The summed E-state index contributed by atoms with van der Waals surface area (Å²) in [4.78, 5) is 4.36. The number of aryl methyl sites for hydroxylation is 1. The number of nitriles is 1. The van der Waals surface area contributed by atoms with Crippen molar-refractivity contribution >= 4 is 23.2 Å². The quantitative estimate of drug-likeness (QED) is 0.537. The second-order valence-electron chi connectivity index (χ2n) is 6.03. The predicted molar refractivity (Wildman–Crippen MR) is 104 cm³/mol. The summed E-state index contributed by atoms with van der Waals surface area (Å²) in [6.07, 6.45) is 0.438. The van der Waals surface area contributed by atoms with E-state index in [0.717, 1.165) is 16.8 Å². The highest BCUT2D eigenvalue weighted by Gasteiger charge is 2.11. The van der Waals surface area contributed by atoms with Crippen molar-refractivity contribution in [2.75, 3.05) is 0 Å². The molecule has 3 aromatic rings. The molecule has 0 spiro atoms. The largest absolute Gasteiger partial charge is 0.489 e. The van der Waals surface area contributed by atoms with Crippen molar-refractivity contribution in [1.82, 2.24) is 4.98 Å². The zero-order valence-electron chi connectivity index (χ0n) is 14.5. The molecule has 0 saturated carbocycles. The van der Waals surface area contributed by atoms with Crippen LogP contribution in [0.3, 0.4) is 0 Å². The fourth-order valence-corrected chi connectivity index (χ4v) is 2.95. The van der Waals surface area contributed by atoms with Crippen molar-refractivity contribution in [2.24, 2.45) is 0 Å². The molecule has 1 heterocycles. The maximum Gasteiger partial charge on any atom is 0.143 e. The molecule has 0 atom stereocenters. The molecule has 0 unspecified atom stereocenters. The van der Waals surface area contributed by atoms with Crippen LogP contribution >= 0.6 is 23.2 Å². The molecular weight excluding hydrogens is 386 g/mol. The summed E-state index contributed by atoms with van der Waals surface area (Å²) in [5, 5.41) is 10.1. The van der Waals surface area contributed by atoms with E-state index < -0.39 is 5.82 Å². The van der Waals surface area contributed by atoms with E-state index in [4.69, 9.17) is 33.2 Å². The monoisotopic (exact) mass is 400 g/mol. The summed E-state index contributed by atoms with van der Waals surface area (Å²) in [5.41, 5.74) is 3.14. The van der Waals surface area contributed by atoms with Crippen LogP contribution < -0.4 is 4.74 Å². The lowest BCUT2D eigenvalue weighted by Gasteiger charge is -2.13. The van der Waals surface area contributed by atoms with Gasteiger partial charge in [0.1, 0.15) is 29.9 Å². The molecule has 0 fully saturated rings. The molecule has 0 aliphatic heterocycles. The molecule has 3 nitrogen and oxygen atoms in total. The third-order valence-electron chi connectivity index (χ3n) is 4.05. The first-order chi connectivity index (χ1) is 13.0. The van der Waals surface area contributed by atoms with Gasteiger partial charge in [-0.3, -0.25) is 0 Å². The molecule has 136 valence electrons. The molecule has 0 N–H and O–H groups in total. The summed E-state index contributed by atoms with van der Waals surface area (Å²) in [7, 11) is 0. The number of rotatable bonds is 5. The number of nitrogens with zero attached hydrogens (tertiary/aromatic N) is 2. The Hall–Kier alpha value is -2.61. The Morgan fingerprint density at radius 1 is 1.04 bits per heavy atom. The molecule has 0 aliphatic rings. The third kappa shape index (κ3) is 4.77. The maximum absolute atomic E-state index is 14.0. The van der Waals surface area contributed by atoms with Gasteiger partial charge in [-0.25, -0.2) is 9.37 Å². The highest BCUT2D eigenvalue weighted by atomic mass is 35.5. The van der Waals surface area contributed by atoms with Crippen LogP contribution in [-0.2, 0) is 13.0 Å². The number of pyridine rings is 1. The third-order valence-corrected chi connectivity index (χ3v) is 4.52. The van der Waals surface area contributed by atoms with Gasteiger partial charge in [0, 0.05) is 33.3 Å². The molecule has 27 heavy (non-hydrogen) atoms. The Labute approximate surface area is 167 Å². The summed E-state index contributed by atoms with van der Waals surface area (Å²) in [6, 6.07) is 15.5. The smallest absolute Gasteiger partial charge is 0.143 e. The van der Waals surface area contributed by atoms with Crippen molar-refractivity contribution in [3.05, 3.63) is 92.5 Å². The van der Waals surface area contributed by atoms with E-state index in [1.165, 1.54) is 6.07 Å². The van der Waals surface area contributed by atoms with Crippen LogP contribution in [-0.4, -0.2) is 4.98 Å². The summed E-state index contributed by atoms with van der Waals surface area (Å²) >= 11 is 11.9. The van der Waals surface area contributed by atoms with Gasteiger partial charge < -0.3 is 4.74 Å². The molecule has 3 rings (SSSR count). The second kappa shape index (κ2) is 8.39. The van der Waals surface area contributed by atoms with Crippen LogP contribution in [0.25, 0.3) is 0 Å². The van der Waals surface area contributed by atoms with Crippen LogP contribution in [0, 0.1) is 24.1 Å². The normalized spacial score (nSPS) is 10.5. The van der Waals surface area contributed by atoms with Crippen molar-refractivity contribution in [2.45, 2.75) is 20.0 Å². The molecule has 0 amide bonds. The molecule has 0 radical (unpaired) electrons. The van der Waals surface area contributed by atoms with Gasteiger partial charge in [-0.1, -0.05) is 35.3 Å². The standard InChI is InChI=1S/C21H15Cl2FN2O/c1-13-2-6-18(26-20(13)11-25)9-15-8-16(22)5-7-21(15)27-12-14-3-4-17(23)10-19(14)24/h2-8,10H,9,12H2,1H3. The topological polar surface area (TPSA) is 45.9 Å². The Morgan fingerprint density at radius 2 is 1.78 bits per heavy atom. The number of hydrogen-bond acceptors (Lipinski definition) is 3. The SMILES string of the molecule is Cc1ccc(Cc2cc(Cl)ccc2OCc2ccc(Cl)cc2F)nc1C#N. The van der Waals surface area contributed by atoms with Crippen LogP contribution in [0.5, 0.6) is 5.75 Å². The van der Waals surface area contributed by atoms with Crippen molar-refractivity contribution < 1.29 is 9.13 Å². The summed E-state index contributed by atoms with van der Waals surface area (Å²) < 4.78 is 19.8. The van der Waals surface area contributed by atoms with Gasteiger partial charge in [0.2, 0.25) is 0 Å². The van der Waals surface area contributed by atoms with Crippen molar-refractivity contribution in [3.8, 4) is 11.8 Å². The van der Waals surface area contributed by atoms with E-state index in [1.807, 2.05) is 19.1 Å². The first-order valence-corrected chi connectivity index (χ1v) is 8.93. The lowest BCUT2D eigenvalue weighted by Crippen LogP contribution is -2.03. The fraction of sp³-hybridized carbons (Fsp3) is 0.143. The lowest BCUT2D eigenvalue weighted by molar-refractivity contribution is 0.297. The molecule has 1 aromatic heterocycles. The number of aromatic nitrogens is 1. The molecule has 0 saturated heterocycles. The minimum Gasteiger partial charge on any atom is -0.489 e.